The highest BCUT2D eigenvalue weighted by molar-refractivity contribution is 6.06. The summed E-state index contributed by atoms with van der Waals surface area (Å²) < 4.78 is 7.30. The van der Waals surface area contributed by atoms with Gasteiger partial charge in [0.2, 0.25) is 0 Å². The number of hydrogen-bond donors (Lipinski definition) is 1. The second-order valence-corrected chi connectivity index (χ2v) is 5.36. The molecule has 4 rings (SSSR count). The Balaban J connectivity index is 1.94. The smallest absolute Gasteiger partial charge is 0.298 e. The Morgan fingerprint density at radius 2 is 1.82 bits per heavy atom. The lowest BCUT2D eigenvalue weighted by atomic mass is 10.2. The van der Waals surface area contributed by atoms with Crippen molar-refractivity contribution in [2.24, 2.45) is 0 Å². The summed E-state index contributed by atoms with van der Waals surface area (Å²) in [5, 5.41) is 1.86. The molecule has 4 aromatic rings. The van der Waals surface area contributed by atoms with Crippen LogP contribution in [0.1, 0.15) is 16.2 Å². The summed E-state index contributed by atoms with van der Waals surface area (Å²) in [6.07, 6.45) is 0. The largest absolute Gasteiger partial charge is 0.451 e. The van der Waals surface area contributed by atoms with E-state index in [1.165, 1.54) is 0 Å². The standard InChI is InChI=1S/C18H14N2O2/c1-11-9-13-6-4-7-14(19)17(13)20(11)18(21)16-10-12-5-2-3-8-15(12)22-16/h2-10H,19H2,1H3. The molecule has 0 amide bonds. The molecule has 22 heavy (non-hydrogen) atoms. The number of rotatable bonds is 1. The van der Waals surface area contributed by atoms with Crippen LogP contribution in [-0.2, 0) is 0 Å². The minimum absolute atomic E-state index is 0.207. The van der Waals surface area contributed by atoms with Gasteiger partial charge in [-0.05, 0) is 31.2 Å². The maximum Gasteiger partial charge on any atom is 0.298 e. The predicted molar refractivity (Wildman–Crippen MR) is 87.0 cm³/mol. The number of furan rings is 1. The van der Waals surface area contributed by atoms with Crippen LogP contribution in [0.25, 0.3) is 21.9 Å². The van der Waals surface area contributed by atoms with E-state index in [0.29, 0.717) is 17.0 Å². The van der Waals surface area contributed by atoms with Gasteiger partial charge in [0.25, 0.3) is 5.91 Å². The molecule has 0 unspecified atom stereocenters. The third-order valence-electron chi connectivity index (χ3n) is 3.88. The molecule has 0 aliphatic carbocycles. The van der Waals surface area contributed by atoms with Gasteiger partial charge in [0, 0.05) is 16.5 Å². The van der Waals surface area contributed by atoms with E-state index < -0.39 is 0 Å². The van der Waals surface area contributed by atoms with Crippen molar-refractivity contribution in [1.29, 1.82) is 0 Å². The van der Waals surface area contributed by atoms with E-state index in [9.17, 15) is 4.79 Å². The van der Waals surface area contributed by atoms with Gasteiger partial charge in [0.1, 0.15) is 5.58 Å². The molecule has 2 aromatic heterocycles. The molecule has 0 saturated carbocycles. The van der Waals surface area contributed by atoms with E-state index in [0.717, 1.165) is 22.0 Å². The molecule has 0 spiro atoms. The molecule has 0 aliphatic rings. The zero-order chi connectivity index (χ0) is 15.3. The average molecular weight is 290 g/mol. The van der Waals surface area contributed by atoms with Gasteiger partial charge >= 0.3 is 0 Å². The monoisotopic (exact) mass is 290 g/mol. The van der Waals surface area contributed by atoms with Crippen LogP contribution in [0.3, 0.4) is 0 Å². The normalized spacial score (nSPS) is 11.3. The molecule has 0 saturated heterocycles. The number of fused-ring (bicyclic) bond motifs is 2. The van der Waals surface area contributed by atoms with Gasteiger partial charge in [0.05, 0.1) is 11.2 Å². The minimum Gasteiger partial charge on any atom is -0.451 e. The van der Waals surface area contributed by atoms with E-state index in [-0.39, 0.29) is 5.91 Å². The van der Waals surface area contributed by atoms with Crippen LogP contribution in [0.15, 0.2) is 59.0 Å². The Labute approximate surface area is 126 Å². The van der Waals surface area contributed by atoms with Crippen LogP contribution in [0.2, 0.25) is 0 Å². The lowest BCUT2D eigenvalue weighted by Gasteiger charge is -2.06. The lowest BCUT2D eigenvalue weighted by Crippen LogP contribution is -2.13. The van der Waals surface area contributed by atoms with Crippen molar-refractivity contribution in [1.82, 2.24) is 4.57 Å². The SMILES string of the molecule is Cc1cc2cccc(N)c2n1C(=O)c1cc2ccccc2o1. The van der Waals surface area contributed by atoms with Crippen molar-refractivity contribution in [3.63, 3.8) is 0 Å². The zero-order valence-electron chi connectivity index (χ0n) is 12.0. The number of carbonyl (C=O) groups is 1. The summed E-state index contributed by atoms with van der Waals surface area (Å²) in [4.78, 5) is 12.9. The lowest BCUT2D eigenvalue weighted by molar-refractivity contribution is 0.0938. The van der Waals surface area contributed by atoms with E-state index in [2.05, 4.69) is 0 Å². The van der Waals surface area contributed by atoms with Gasteiger partial charge < -0.3 is 10.2 Å². The first kappa shape index (κ1) is 12.7. The minimum atomic E-state index is -0.207. The molecule has 0 fully saturated rings. The van der Waals surface area contributed by atoms with Crippen LogP contribution >= 0.6 is 0 Å². The number of nitrogens with two attached hydrogens (primary N) is 1. The van der Waals surface area contributed by atoms with Crippen LogP contribution in [0.4, 0.5) is 5.69 Å². The van der Waals surface area contributed by atoms with Crippen LogP contribution in [-0.4, -0.2) is 10.5 Å². The Bertz CT molecular complexity index is 991. The van der Waals surface area contributed by atoms with Crippen molar-refractivity contribution in [2.75, 3.05) is 5.73 Å². The second-order valence-electron chi connectivity index (χ2n) is 5.36. The predicted octanol–water partition coefficient (Wildman–Crippen LogP) is 3.97. The van der Waals surface area contributed by atoms with Crippen molar-refractivity contribution < 1.29 is 9.21 Å². The summed E-state index contributed by atoms with van der Waals surface area (Å²) in [6.45, 7) is 1.89. The van der Waals surface area contributed by atoms with Gasteiger partial charge in [-0.1, -0.05) is 30.3 Å². The third kappa shape index (κ3) is 1.74. The summed E-state index contributed by atoms with van der Waals surface area (Å²) >= 11 is 0. The molecule has 2 aromatic carbocycles. The molecular weight excluding hydrogens is 276 g/mol. The third-order valence-corrected chi connectivity index (χ3v) is 3.88. The molecule has 4 heteroatoms. The van der Waals surface area contributed by atoms with Crippen molar-refractivity contribution in [2.45, 2.75) is 6.92 Å². The Morgan fingerprint density at radius 3 is 2.64 bits per heavy atom. The zero-order valence-corrected chi connectivity index (χ0v) is 12.0. The molecule has 2 heterocycles. The Kier molecular flexibility index (Phi) is 2.60. The number of aryl methyl sites for hydroxylation is 1. The molecule has 0 bridgehead atoms. The van der Waals surface area contributed by atoms with Gasteiger partial charge in [-0.25, -0.2) is 0 Å². The summed E-state index contributed by atoms with van der Waals surface area (Å²) in [6, 6.07) is 16.9. The number of aromatic nitrogens is 1. The van der Waals surface area contributed by atoms with Crippen molar-refractivity contribution in [3.05, 3.63) is 66.1 Å². The fourth-order valence-electron chi connectivity index (χ4n) is 2.88. The Hall–Kier alpha value is -3.01. The molecule has 4 nitrogen and oxygen atoms in total. The fraction of sp³-hybridized carbons (Fsp3) is 0.0556. The first-order valence-corrected chi connectivity index (χ1v) is 7.05. The van der Waals surface area contributed by atoms with E-state index in [1.54, 1.807) is 16.7 Å². The molecule has 0 atom stereocenters. The topological polar surface area (TPSA) is 61.2 Å². The van der Waals surface area contributed by atoms with Crippen molar-refractivity contribution in [3.8, 4) is 0 Å². The Morgan fingerprint density at radius 1 is 1.05 bits per heavy atom. The van der Waals surface area contributed by atoms with E-state index >= 15 is 0 Å². The highest BCUT2D eigenvalue weighted by Crippen LogP contribution is 2.27. The number of benzene rings is 2. The summed E-state index contributed by atoms with van der Waals surface area (Å²) in [7, 11) is 0. The molecular formula is C18H14N2O2. The summed E-state index contributed by atoms with van der Waals surface area (Å²) in [5.41, 5.74) is 8.90. The first-order valence-electron chi connectivity index (χ1n) is 7.05. The molecule has 2 N–H and O–H groups in total. The first-order chi connectivity index (χ1) is 10.6. The average Bonchev–Trinajstić information content (AvgIpc) is 3.07. The van der Waals surface area contributed by atoms with Crippen LogP contribution in [0, 0.1) is 6.92 Å². The summed E-state index contributed by atoms with van der Waals surface area (Å²) in [5.74, 6) is 0.103. The van der Waals surface area contributed by atoms with E-state index in [4.69, 9.17) is 10.2 Å². The van der Waals surface area contributed by atoms with Gasteiger partial charge in [-0.3, -0.25) is 9.36 Å². The highest BCUT2D eigenvalue weighted by Gasteiger charge is 2.19. The molecule has 0 aliphatic heterocycles. The maximum atomic E-state index is 12.9. The van der Waals surface area contributed by atoms with E-state index in [1.807, 2.05) is 49.4 Å². The van der Waals surface area contributed by atoms with Crippen molar-refractivity contribution >= 4 is 33.5 Å². The second kappa shape index (κ2) is 4.49. The number of para-hydroxylation sites is 2. The van der Waals surface area contributed by atoms with Crippen LogP contribution in [0.5, 0.6) is 0 Å². The van der Waals surface area contributed by atoms with Gasteiger partial charge in [-0.15, -0.1) is 0 Å². The molecule has 0 radical (unpaired) electrons. The number of anilines is 1. The van der Waals surface area contributed by atoms with Gasteiger partial charge in [-0.2, -0.15) is 0 Å². The number of carbonyl (C=O) groups excluding carboxylic acids is 1. The van der Waals surface area contributed by atoms with Gasteiger partial charge in [0.15, 0.2) is 5.76 Å². The number of hydrogen-bond acceptors (Lipinski definition) is 3. The fourth-order valence-corrected chi connectivity index (χ4v) is 2.88. The van der Waals surface area contributed by atoms with Crippen LogP contribution < -0.4 is 5.73 Å². The quantitative estimate of drug-likeness (QED) is 0.540. The number of nitrogen functional groups attached to an aromatic ring is 1. The molecule has 108 valence electrons. The maximum absolute atomic E-state index is 12.9. The number of nitrogens with zero attached hydrogens (tertiary/aromatic N) is 1. The highest BCUT2D eigenvalue weighted by atomic mass is 16.3.